The molecule has 2 heterocycles. The third-order valence-electron chi connectivity index (χ3n) is 2.29. The van der Waals surface area contributed by atoms with E-state index in [1.165, 1.54) is 11.3 Å². The summed E-state index contributed by atoms with van der Waals surface area (Å²) < 4.78 is 1.55. The topological polar surface area (TPSA) is 51.8 Å². The minimum Gasteiger partial charge on any atom is -0.383 e. The van der Waals surface area contributed by atoms with Crippen molar-refractivity contribution in [2.24, 2.45) is 0 Å². The Morgan fingerprint density at radius 3 is 2.56 bits per heavy atom. The maximum Gasteiger partial charge on any atom is 0.171 e. The second-order valence-corrected chi connectivity index (χ2v) is 5.88. The van der Waals surface area contributed by atoms with E-state index >= 15 is 0 Å². The zero-order valence-corrected chi connectivity index (χ0v) is 11.9. The summed E-state index contributed by atoms with van der Waals surface area (Å²) in [5.41, 5.74) is 7.63. The first-order valence-corrected chi connectivity index (χ1v) is 6.53. The number of nitrogens with two attached hydrogens (primary N) is 1. The molecule has 0 atom stereocenters. The molecule has 6 heteroatoms. The van der Waals surface area contributed by atoms with Gasteiger partial charge in [0.15, 0.2) is 5.82 Å². The molecule has 16 heavy (non-hydrogen) atoms. The molecule has 2 N–H and O–H groups in total. The van der Waals surface area contributed by atoms with Crippen LogP contribution in [0.15, 0.2) is 10.5 Å². The predicted octanol–water partition coefficient (Wildman–Crippen LogP) is 3.82. The molecule has 0 aliphatic heterocycles. The third-order valence-corrected chi connectivity index (χ3v) is 4.76. The van der Waals surface area contributed by atoms with E-state index in [9.17, 15) is 0 Å². The second kappa shape index (κ2) is 4.31. The lowest BCUT2D eigenvalue weighted by molar-refractivity contribution is 1.08. The Kier molecular flexibility index (Phi) is 3.19. The Hall–Kier alpha value is -0.650. The molecule has 0 aliphatic carbocycles. The highest BCUT2D eigenvalue weighted by atomic mass is 79.9. The molecule has 2 aromatic rings. The van der Waals surface area contributed by atoms with Crippen LogP contribution in [0.25, 0.3) is 10.7 Å². The normalized spacial score (nSPS) is 10.8. The van der Waals surface area contributed by atoms with Gasteiger partial charge in [0, 0.05) is 15.7 Å². The monoisotopic (exact) mass is 317 g/mol. The maximum absolute atomic E-state index is 5.97. The molecule has 84 valence electrons. The van der Waals surface area contributed by atoms with Gasteiger partial charge in [0.05, 0.1) is 4.88 Å². The smallest absolute Gasteiger partial charge is 0.171 e. The summed E-state index contributed by atoms with van der Waals surface area (Å²) in [6.45, 7) is 3.83. The van der Waals surface area contributed by atoms with E-state index in [0.717, 1.165) is 20.6 Å². The summed E-state index contributed by atoms with van der Waals surface area (Å²) in [5.74, 6) is 1.14. The number of nitrogens with zero attached hydrogens (tertiary/aromatic N) is 2. The molecule has 0 amide bonds. The van der Waals surface area contributed by atoms with Gasteiger partial charge in [-0.15, -0.1) is 11.3 Å². The molecule has 0 radical (unpaired) electrons. The van der Waals surface area contributed by atoms with Crippen LogP contribution >= 0.6 is 38.9 Å². The lowest BCUT2D eigenvalue weighted by Crippen LogP contribution is -2.01. The molecule has 0 saturated heterocycles. The van der Waals surface area contributed by atoms with Gasteiger partial charge in [-0.2, -0.15) is 0 Å². The van der Waals surface area contributed by atoms with Gasteiger partial charge in [-0.05, 0) is 35.8 Å². The average molecular weight is 319 g/mol. The van der Waals surface area contributed by atoms with Crippen molar-refractivity contribution in [2.45, 2.75) is 13.8 Å². The fraction of sp³-hybridized carbons (Fsp3) is 0.200. The van der Waals surface area contributed by atoms with Gasteiger partial charge >= 0.3 is 0 Å². The van der Waals surface area contributed by atoms with E-state index in [2.05, 4.69) is 25.9 Å². The van der Waals surface area contributed by atoms with Gasteiger partial charge in [0.25, 0.3) is 0 Å². The number of rotatable bonds is 1. The first-order valence-electron chi connectivity index (χ1n) is 4.55. The number of thiophene rings is 1. The van der Waals surface area contributed by atoms with Gasteiger partial charge in [-0.25, -0.2) is 9.97 Å². The lowest BCUT2D eigenvalue weighted by Gasteiger charge is -2.04. The standard InChI is InChI=1S/C10H9BrClN3S/c1-4-5(2)14-10(15-9(4)13)7-3-6(11)8(12)16-7/h3H,1-2H3,(H2,13,14,15). The molecule has 2 aromatic heterocycles. The number of anilines is 1. The molecule has 0 spiro atoms. The zero-order chi connectivity index (χ0) is 11.9. The summed E-state index contributed by atoms with van der Waals surface area (Å²) in [6, 6.07) is 1.90. The molecule has 0 bridgehead atoms. The fourth-order valence-electron chi connectivity index (χ4n) is 1.22. The number of hydrogen-bond donors (Lipinski definition) is 1. The van der Waals surface area contributed by atoms with E-state index in [-0.39, 0.29) is 0 Å². The molecule has 0 aromatic carbocycles. The van der Waals surface area contributed by atoms with Crippen molar-refractivity contribution in [1.29, 1.82) is 0 Å². The SMILES string of the molecule is Cc1nc(-c2cc(Br)c(Cl)s2)nc(N)c1C. The first-order chi connectivity index (χ1) is 7.49. The summed E-state index contributed by atoms with van der Waals surface area (Å²) in [4.78, 5) is 9.56. The van der Waals surface area contributed by atoms with E-state index in [4.69, 9.17) is 17.3 Å². The minimum atomic E-state index is 0.517. The van der Waals surface area contributed by atoms with Crippen LogP contribution in [0.2, 0.25) is 4.34 Å². The molecule has 3 nitrogen and oxygen atoms in total. The Morgan fingerprint density at radius 2 is 2.06 bits per heavy atom. The highest BCUT2D eigenvalue weighted by Gasteiger charge is 2.11. The number of hydrogen-bond acceptors (Lipinski definition) is 4. The van der Waals surface area contributed by atoms with Crippen molar-refractivity contribution in [3.63, 3.8) is 0 Å². The van der Waals surface area contributed by atoms with Crippen molar-refractivity contribution >= 4 is 44.7 Å². The van der Waals surface area contributed by atoms with E-state index in [1.807, 2.05) is 19.9 Å². The van der Waals surface area contributed by atoms with Crippen LogP contribution in [0.4, 0.5) is 5.82 Å². The van der Waals surface area contributed by atoms with Crippen molar-refractivity contribution in [3.8, 4) is 10.7 Å². The summed E-state index contributed by atoms with van der Waals surface area (Å²) in [7, 11) is 0. The highest BCUT2D eigenvalue weighted by molar-refractivity contribution is 9.10. The lowest BCUT2D eigenvalue weighted by atomic mass is 10.2. The molecule has 0 aliphatic rings. The van der Waals surface area contributed by atoms with Crippen molar-refractivity contribution in [1.82, 2.24) is 9.97 Å². The second-order valence-electron chi connectivity index (χ2n) is 3.38. The van der Waals surface area contributed by atoms with Crippen LogP contribution in [-0.4, -0.2) is 9.97 Å². The van der Waals surface area contributed by atoms with Crippen LogP contribution in [-0.2, 0) is 0 Å². The van der Waals surface area contributed by atoms with Gasteiger partial charge in [0.2, 0.25) is 0 Å². The molecular weight excluding hydrogens is 310 g/mol. The number of nitrogen functional groups attached to an aromatic ring is 1. The Balaban J connectivity index is 2.56. The van der Waals surface area contributed by atoms with E-state index in [0.29, 0.717) is 16.0 Å². The van der Waals surface area contributed by atoms with Gasteiger partial charge < -0.3 is 5.73 Å². The predicted molar refractivity (Wildman–Crippen MR) is 71.9 cm³/mol. The van der Waals surface area contributed by atoms with Crippen LogP contribution in [0, 0.1) is 13.8 Å². The largest absolute Gasteiger partial charge is 0.383 e. The third kappa shape index (κ3) is 2.07. The minimum absolute atomic E-state index is 0.517. The van der Waals surface area contributed by atoms with Gasteiger partial charge in [-0.3, -0.25) is 0 Å². The summed E-state index contributed by atoms with van der Waals surface area (Å²) in [6.07, 6.45) is 0. The number of aromatic nitrogens is 2. The highest BCUT2D eigenvalue weighted by Crippen LogP contribution is 2.37. The molecular formula is C10H9BrClN3S. The van der Waals surface area contributed by atoms with E-state index < -0.39 is 0 Å². The Labute approximate surface area is 111 Å². The van der Waals surface area contributed by atoms with Crippen LogP contribution in [0.3, 0.4) is 0 Å². The molecule has 0 fully saturated rings. The average Bonchev–Trinajstić information content (AvgIpc) is 2.55. The van der Waals surface area contributed by atoms with Gasteiger partial charge in [0.1, 0.15) is 10.2 Å². The molecule has 0 unspecified atom stereocenters. The van der Waals surface area contributed by atoms with E-state index in [1.54, 1.807) is 0 Å². The first kappa shape index (κ1) is 11.8. The Bertz CT molecular complexity index is 510. The Morgan fingerprint density at radius 1 is 1.38 bits per heavy atom. The van der Waals surface area contributed by atoms with Crippen molar-refractivity contribution in [3.05, 3.63) is 26.1 Å². The number of halogens is 2. The van der Waals surface area contributed by atoms with Gasteiger partial charge in [-0.1, -0.05) is 11.6 Å². The van der Waals surface area contributed by atoms with Crippen LogP contribution in [0.1, 0.15) is 11.3 Å². The summed E-state index contributed by atoms with van der Waals surface area (Å²) in [5, 5.41) is 0. The quantitative estimate of drug-likeness (QED) is 0.869. The van der Waals surface area contributed by atoms with Crippen molar-refractivity contribution in [2.75, 3.05) is 5.73 Å². The zero-order valence-electron chi connectivity index (χ0n) is 8.71. The number of aryl methyl sites for hydroxylation is 1. The summed E-state index contributed by atoms with van der Waals surface area (Å²) >= 11 is 10.8. The van der Waals surface area contributed by atoms with Crippen LogP contribution < -0.4 is 5.73 Å². The fourth-order valence-corrected chi connectivity index (χ4v) is 2.85. The maximum atomic E-state index is 5.97. The van der Waals surface area contributed by atoms with Crippen LogP contribution in [0.5, 0.6) is 0 Å². The molecule has 0 saturated carbocycles. The van der Waals surface area contributed by atoms with Crippen molar-refractivity contribution < 1.29 is 0 Å². The molecule has 2 rings (SSSR count).